The molecule has 0 spiro atoms. The van der Waals surface area contributed by atoms with Gasteiger partial charge in [0.05, 0.1) is 29.1 Å². The Morgan fingerprint density at radius 2 is 1.56 bits per heavy atom. The van der Waals surface area contributed by atoms with Gasteiger partial charge < -0.3 is 19.2 Å². The van der Waals surface area contributed by atoms with E-state index < -0.39 is 24.3 Å². The number of carbonyl (C=O) groups is 1. The van der Waals surface area contributed by atoms with E-state index in [2.05, 4.69) is 45.7 Å². The number of thiophene rings is 2. The van der Waals surface area contributed by atoms with Gasteiger partial charge in [0.1, 0.15) is 6.61 Å². The largest absolute Gasteiger partial charge is 0.496 e. The lowest BCUT2D eigenvalue weighted by molar-refractivity contribution is 0.00578. The van der Waals surface area contributed by atoms with Crippen molar-refractivity contribution in [3.8, 4) is 11.3 Å². The number of benzene rings is 2. The first-order valence-corrected chi connectivity index (χ1v) is 15.3. The number of aryl methyl sites for hydroxylation is 2. The van der Waals surface area contributed by atoms with Crippen LogP contribution in [0, 0.1) is 13.8 Å². The van der Waals surface area contributed by atoms with E-state index in [1.807, 2.05) is 37.3 Å². The summed E-state index contributed by atoms with van der Waals surface area (Å²) >= 11 is 3.17. The van der Waals surface area contributed by atoms with Crippen LogP contribution in [0.1, 0.15) is 58.9 Å². The molecular formula is C32H32BNO5S2. The van der Waals surface area contributed by atoms with Gasteiger partial charge >= 0.3 is 13.1 Å². The number of nitrogens with zero attached hydrogens (tertiary/aromatic N) is 1. The quantitative estimate of drug-likeness (QED) is 0.172. The molecule has 9 heteroatoms. The molecule has 1 saturated heterocycles. The van der Waals surface area contributed by atoms with E-state index in [4.69, 9.17) is 14.0 Å². The Hall–Kier alpha value is -3.08. The number of fused-ring (bicyclic) bond motifs is 2. The monoisotopic (exact) mass is 585 g/mol. The fourth-order valence-electron chi connectivity index (χ4n) is 5.17. The number of aliphatic hydroxyl groups is 1. The summed E-state index contributed by atoms with van der Waals surface area (Å²) in [6, 6.07) is 15.6. The van der Waals surface area contributed by atoms with E-state index in [0.717, 1.165) is 52.1 Å². The lowest BCUT2D eigenvalue weighted by Crippen LogP contribution is -2.41. The Morgan fingerprint density at radius 3 is 2.27 bits per heavy atom. The SMILES string of the molecule is Cc1c(COC(=O)c2ccnc(-c3cccc4c(C)c(CO)sc34)c2)sc2c(B3OC(C)(C)C(C)(C)O3)cccc12. The molecule has 4 heterocycles. The molecule has 41 heavy (non-hydrogen) atoms. The minimum atomic E-state index is -0.461. The Morgan fingerprint density at radius 1 is 0.927 bits per heavy atom. The minimum absolute atomic E-state index is 0.000267. The van der Waals surface area contributed by atoms with Gasteiger partial charge in [-0.2, -0.15) is 0 Å². The average Bonchev–Trinajstić information content (AvgIpc) is 3.54. The molecule has 0 amide bonds. The number of esters is 1. The molecule has 1 N–H and O–H groups in total. The van der Waals surface area contributed by atoms with Gasteiger partial charge in [0.15, 0.2) is 0 Å². The van der Waals surface area contributed by atoms with Gasteiger partial charge in [0.25, 0.3) is 0 Å². The molecule has 0 unspecified atom stereocenters. The number of ether oxygens (including phenoxy) is 1. The van der Waals surface area contributed by atoms with Crippen LogP contribution in [0.5, 0.6) is 0 Å². The van der Waals surface area contributed by atoms with Crippen LogP contribution in [-0.2, 0) is 27.3 Å². The highest BCUT2D eigenvalue weighted by Crippen LogP contribution is 2.39. The highest BCUT2D eigenvalue weighted by molar-refractivity contribution is 7.21. The van der Waals surface area contributed by atoms with E-state index in [-0.39, 0.29) is 13.2 Å². The zero-order valence-electron chi connectivity index (χ0n) is 24.0. The Labute approximate surface area is 248 Å². The Kier molecular flexibility index (Phi) is 7.07. The second-order valence-corrected chi connectivity index (χ2v) is 13.7. The van der Waals surface area contributed by atoms with Crippen molar-refractivity contribution in [2.24, 2.45) is 0 Å². The highest BCUT2D eigenvalue weighted by atomic mass is 32.1. The lowest BCUT2D eigenvalue weighted by Gasteiger charge is -2.32. The molecule has 0 bridgehead atoms. The zero-order chi connectivity index (χ0) is 29.1. The van der Waals surface area contributed by atoms with Crippen molar-refractivity contribution in [3.05, 3.63) is 81.2 Å². The Bertz CT molecular complexity index is 1790. The molecule has 3 aromatic heterocycles. The van der Waals surface area contributed by atoms with Crippen molar-refractivity contribution in [3.63, 3.8) is 0 Å². The van der Waals surface area contributed by atoms with Crippen LogP contribution in [0.3, 0.4) is 0 Å². The molecule has 6 rings (SSSR count). The number of rotatable bonds is 6. The average molecular weight is 586 g/mol. The number of aliphatic hydroxyl groups excluding tert-OH is 1. The number of aromatic nitrogens is 1. The van der Waals surface area contributed by atoms with Crippen molar-refractivity contribution in [2.45, 2.75) is 66.0 Å². The summed E-state index contributed by atoms with van der Waals surface area (Å²) in [5.74, 6) is -0.401. The van der Waals surface area contributed by atoms with Crippen LogP contribution in [0.15, 0.2) is 54.7 Å². The fourth-order valence-corrected chi connectivity index (χ4v) is 7.60. The van der Waals surface area contributed by atoms with Gasteiger partial charge in [0, 0.05) is 36.4 Å². The predicted molar refractivity (Wildman–Crippen MR) is 167 cm³/mol. The zero-order valence-corrected chi connectivity index (χ0v) is 25.7. The molecule has 1 aliphatic heterocycles. The first kappa shape index (κ1) is 28.1. The maximum absolute atomic E-state index is 13.2. The van der Waals surface area contributed by atoms with Crippen LogP contribution in [0.25, 0.3) is 31.4 Å². The number of carbonyl (C=O) groups excluding carboxylic acids is 1. The van der Waals surface area contributed by atoms with Gasteiger partial charge in [0.2, 0.25) is 0 Å². The number of pyridine rings is 1. The van der Waals surface area contributed by atoms with Crippen molar-refractivity contribution < 1.29 is 23.9 Å². The molecular weight excluding hydrogens is 553 g/mol. The smallest absolute Gasteiger partial charge is 0.456 e. The lowest BCUT2D eigenvalue weighted by atomic mass is 9.78. The molecule has 0 radical (unpaired) electrons. The van der Waals surface area contributed by atoms with Crippen LogP contribution < -0.4 is 5.46 Å². The first-order chi connectivity index (χ1) is 19.5. The third kappa shape index (κ3) is 4.79. The predicted octanol–water partition coefficient (Wildman–Crippen LogP) is 6.94. The first-order valence-electron chi connectivity index (χ1n) is 13.6. The molecule has 0 saturated carbocycles. The normalized spacial score (nSPS) is 16.1. The summed E-state index contributed by atoms with van der Waals surface area (Å²) < 4.78 is 20.6. The maximum Gasteiger partial charge on any atom is 0.496 e. The van der Waals surface area contributed by atoms with Crippen LogP contribution >= 0.6 is 22.7 Å². The second kappa shape index (κ2) is 10.3. The third-order valence-electron chi connectivity index (χ3n) is 8.41. The summed E-state index contributed by atoms with van der Waals surface area (Å²) in [7, 11) is -0.461. The molecule has 0 atom stereocenters. The van der Waals surface area contributed by atoms with E-state index in [1.165, 1.54) is 0 Å². The van der Waals surface area contributed by atoms with E-state index >= 15 is 0 Å². The molecule has 5 aromatic rings. The minimum Gasteiger partial charge on any atom is -0.456 e. The van der Waals surface area contributed by atoms with Gasteiger partial charge in [-0.15, -0.1) is 22.7 Å². The van der Waals surface area contributed by atoms with Gasteiger partial charge in [-0.05, 0) is 75.6 Å². The highest BCUT2D eigenvalue weighted by Gasteiger charge is 2.52. The van der Waals surface area contributed by atoms with Crippen LogP contribution in [0.2, 0.25) is 0 Å². The third-order valence-corrected chi connectivity index (χ3v) is 11.1. The van der Waals surface area contributed by atoms with Crippen LogP contribution in [0.4, 0.5) is 0 Å². The fraction of sp³-hybridized carbons (Fsp3) is 0.312. The van der Waals surface area contributed by atoms with E-state index in [9.17, 15) is 9.90 Å². The topological polar surface area (TPSA) is 77.9 Å². The van der Waals surface area contributed by atoms with Crippen LogP contribution in [-0.4, -0.2) is 34.4 Å². The molecule has 2 aromatic carbocycles. The summed E-state index contributed by atoms with van der Waals surface area (Å²) in [5, 5.41) is 12.0. The maximum atomic E-state index is 13.2. The van der Waals surface area contributed by atoms with Gasteiger partial charge in [-0.1, -0.05) is 36.4 Å². The summed E-state index contributed by atoms with van der Waals surface area (Å²) in [6.45, 7) is 12.5. The second-order valence-electron chi connectivity index (χ2n) is 11.5. The molecule has 1 fully saturated rings. The standard InChI is InChI=1S/C32H32BNO5S2/c1-18-21-9-7-11-23(28(21)40-26(18)16-35)25-15-20(13-14-34-25)30(36)37-17-27-19(2)22-10-8-12-24(29(22)41-27)33-38-31(3,4)32(5,6)39-33/h7-15,35H,16-17H2,1-6H3. The van der Waals surface area contributed by atoms with Gasteiger partial charge in [-0.3, -0.25) is 4.98 Å². The summed E-state index contributed by atoms with van der Waals surface area (Å²) in [4.78, 5) is 19.7. The molecule has 1 aliphatic rings. The molecule has 0 aliphatic carbocycles. The summed E-state index contributed by atoms with van der Waals surface area (Å²) in [5.41, 5.74) is 4.37. The molecule has 210 valence electrons. The Balaban J connectivity index is 1.25. The number of hydrogen-bond donors (Lipinski definition) is 1. The van der Waals surface area contributed by atoms with Crippen molar-refractivity contribution in [1.82, 2.24) is 4.98 Å². The van der Waals surface area contributed by atoms with E-state index in [1.54, 1.807) is 41.0 Å². The van der Waals surface area contributed by atoms with E-state index in [0.29, 0.717) is 11.3 Å². The van der Waals surface area contributed by atoms with Crippen molar-refractivity contribution in [1.29, 1.82) is 0 Å². The summed E-state index contributed by atoms with van der Waals surface area (Å²) in [6.07, 6.45) is 1.64. The van der Waals surface area contributed by atoms with Crippen molar-refractivity contribution >= 4 is 61.4 Å². The molecule has 6 nitrogen and oxygen atoms in total. The number of hydrogen-bond acceptors (Lipinski definition) is 8. The van der Waals surface area contributed by atoms with Crippen molar-refractivity contribution in [2.75, 3.05) is 0 Å². The van der Waals surface area contributed by atoms with Gasteiger partial charge in [-0.25, -0.2) is 4.79 Å².